The molecule has 0 saturated carbocycles. The second kappa shape index (κ2) is 10.1. The van der Waals surface area contributed by atoms with Crippen LogP contribution in [0.2, 0.25) is 5.02 Å². The Labute approximate surface area is 187 Å². The number of amides is 2. The molecule has 1 heterocycles. The summed E-state index contributed by atoms with van der Waals surface area (Å²) in [6.07, 6.45) is 0. The van der Waals surface area contributed by atoms with Gasteiger partial charge < -0.3 is 20.1 Å². The molecule has 2 N–H and O–H groups in total. The highest BCUT2D eigenvalue weighted by molar-refractivity contribution is 7.19. The molecule has 2 aromatic carbocycles. The fourth-order valence-electron chi connectivity index (χ4n) is 2.75. The summed E-state index contributed by atoms with van der Waals surface area (Å²) in [4.78, 5) is 37.7. The summed E-state index contributed by atoms with van der Waals surface area (Å²) in [5, 5.41) is 6.06. The number of carbonyl (C=O) groups is 3. The molecule has 0 aliphatic carbocycles. The maximum absolute atomic E-state index is 12.8. The summed E-state index contributed by atoms with van der Waals surface area (Å²) in [6.45, 7) is 1.36. The van der Waals surface area contributed by atoms with Gasteiger partial charge in [-0.1, -0.05) is 35.9 Å². The van der Waals surface area contributed by atoms with Gasteiger partial charge >= 0.3 is 5.97 Å². The van der Waals surface area contributed by atoms with E-state index < -0.39 is 17.8 Å². The Morgan fingerprint density at radius 2 is 1.77 bits per heavy atom. The SMILES string of the molecule is COC(=O)c1c(NC(=O)COc2ccccc2)sc(C(=O)Nc2cccc(Cl)c2)c1C. The highest BCUT2D eigenvalue weighted by atomic mass is 35.5. The van der Waals surface area contributed by atoms with Crippen molar-refractivity contribution in [3.05, 3.63) is 75.6 Å². The number of para-hydroxylation sites is 1. The molecule has 0 saturated heterocycles. The number of nitrogens with one attached hydrogen (secondary N) is 2. The highest BCUT2D eigenvalue weighted by Crippen LogP contribution is 2.34. The minimum atomic E-state index is -0.658. The molecule has 3 rings (SSSR count). The van der Waals surface area contributed by atoms with Gasteiger partial charge in [-0.25, -0.2) is 4.79 Å². The van der Waals surface area contributed by atoms with Crippen LogP contribution >= 0.6 is 22.9 Å². The zero-order valence-corrected chi connectivity index (χ0v) is 18.3. The van der Waals surface area contributed by atoms with E-state index in [1.54, 1.807) is 55.5 Å². The number of rotatable bonds is 7. The fourth-order valence-corrected chi connectivity index (χ4v) is 4.05. The number of thiophene rings is 1. The van der Waals surface area contributed by atoms with Crippen molar-refractivity contribution in [1.29, 1.82) is 0 Å². The maximum atomic E-state index is 12.8. The van der Waals surface area contributed by atoms with E-state index in [1.165, 1.54) is 7.11 Å². The van der Waals surface area contributed by atoms with Gasteiger partial charge in [0.25, 0.3) is 11.8 Å². The third-order valence-corrected chi connectivity index (χ3v) is 5.63. The number of benzene rings is 2. The van der Waals surface area contributed by atoms with Gasteiger partial charge in [0, 0.05) is 10.7 Å². The van der Waals surface area contributed by atoms with Gasteiger partial charge in [-0.2, -0.15) is 0 Å². The molecule has 0 unspecified atom stereocenters. The van der Waals surface area contributed by atoms with Crippen LogP contribution in [0.4, 0.5) is 10.7 Å². The van der Waals surface area contributed by atoms with Crippen LogP contribution in [0.25, 0.3) is 0 Å². The number of methoxy groups -OCH3 is 1. The van der Waals surface area contributed by atoms with Crippen LogP contribution in [-0.2, 0) is 9.53 Å². The van der Waals surface area contributed by atoms with E-state index >= 15 is 0 Å². The average molecular weight is 459 g/mol. The monoisotopic (exact) mass is 458 g/mol. The Hall–Kier alpha value is -3.36. The minimum Gasteiger partial charge on any atom is -0.484 e. The predicted octanol–water partition coefficient (Wildman–Crippen LogP) is 4.77. The van der Waals surface area contributed by atoms with Gasteiger partial charge in [0.2, 0.25) is 0 Å². The lowest BCUT2D eigenvalue weighted by Gasteiger charge is -2.07. The van der Waals surface area contributed by atoms with E-state index in [1.807, 2.05) is 6.07 Å². The third kappa shape index (κ3) is 5.62. The molecule has 3 aromatic rings. The minimum absolute atomic E-state index is 0.122. The molecule has 0 aliphatic rings. The molecule has 7 nitrogen and oxygen atoms in total. The van der Waals surface area contributed by atoms with Crippen molar-refractivity contribution in [3.8, 4) is 5.75 Å². The summed E-state index contributed by atoms with van der Waals surface area (Å²) in [7, 11) is 1.23. The van der Waals surface area contributed by atoms with Crippen molar-refractivity contribution in [2.24, 2.45) is 0 Å². The number of anilines is 2. The van der Waals surface area contributed by atoms with Crippen LogP contribution in [0, 0.1) is 6.92 Å². The standard InChI is InChI=1S/C22H19ClN2O5S/c1-13-18(22(28)29-2)21(25-17(26)12-30-16-9-4-3-5-10-16)31-19(13)20(27)24-15-8-6-7-14(23)11-15/h3-11H,12H2,1-2H3,(H,24,27)(H,25,26). The Kier molecular flexibility index (Phi) is 7.28. The van der Waals surface area contributed by atoms with Gasteiger partial charge in [0.15, 0.2) is 6.61 Å². The van der Waals surface area contributed by atoms with Crippen molar-refractivity contribution >= 4 is 51.4 Å². The van der Waals surface area contributed by atoms with E-state index in [2.05, 4.69) is 10.6 Å². The zero-order valence-electron chi connectivity index (χ0n) is 16.7. The lowest BCUT2D eigenvalue weighted by molar-refractivity contribution is -0.118. The normalized spacial score (nSPS) is 10.3. The first kappa shape index (κ1) is 22.3. The molecule has 31 heavy (non-hydrogen) atoms. The van der Waals surface area contributed by atoms with Crippen molar-refractivity contribution in [3.63, 3.8) is 0 Å². The lowest BCUT2D eigenvalue weighted by Crippen LogP contribution is -2.21. The van der Waals surface area contributed by atoms with Gasteiger partial charge in [0.05, 0.1) is 17.6 Å². The molecule has 0 aliphatic heterocycles. The van der Waals surface area contributed by atoms with Crippen LogP contribution in [0.5, 0.6) is 5.75 Å². The van der Waals surface area contributed by atoms with E-state index in [9.17, 15) is 14.4 Å². The molecule has 0 spiro atoms. The number of hydrogen-bond acceptors (Lipinski definition) is 6. The first-order valence-corrected chi connectivity index (χ1v) is 10.3. The molecule has 9 heteroatoms. The van der Waals surface area contributed by atoms with Crippen LogP contribution < -0.4 is 15.4 Å². The van der Waals surface area contributed by atoms with E-state index in [0.717, 1.165) is 11.3 Å². The second-order valence-corrected chi connectivity index (χ2v) is 7.82. The summed E-state index contributed by atoms with van der Waals surface area (Å²) in [5.41, 5.74) is 1.03. The first-order chi connectivity index (χ1) is 14.9. The zero-order chi connectivity index (χ0) is 22.4. The van der Waals surface area contributed by atoms with Gasteiger partial charge in [-0.3, -0.25) is 9.59 Å². The Morgan fingerprint density at radius 3 is 2.45 bits per heavy atom. The van der Waals surface area contributed by atoms with E-state index in [-0.39, 0.29) is 22.0 Å². The molecular weight excluding hydrogens is 440 g/mol. The Balaban J connectivity index is 1.80. The Bertz CT molecular complexity index is 1110. The largest absolute Gasteiger partial charge is 0.484 e. The summed E-state index contributed by atoms with van der Waals surface area (Å²) < 4.78 is 10.3. The van der Waals surface area contributed by atoms with Crippen LogP contribution in [-0.4, -0.2) is 31.5 Å². The highest BCUT2D eigenvalue weighted by Gasteiger charge is 2.26. The molecule has 0 radical (unpaired) electrons. The molecule has 1 aromatic heterocycles. The number of halogens is 1. The van der Waals surface area contributed by atoms with Crippen LogP contribution in [0.15, 0.2) is 54.6 Å². The predicted molar refractivity (Wildman–Crippen MR) is 120 cm³/mol. The Morgan fingerprint density at radius 1 is 1.03 bits per heavy atom. The maximum Gasteiger partial charge on any atom is 0.341 e. The van der Waals surface area contributed by atoms with Gasteiger partial charge in [-0.15, -0.1) is 11.3 Å². The summed E-state index contributed by atoms with van der Waals surface area (Å²) >= 11 is 6.94. The van der Waals surface area contributed by atoms with Crippen molar-refractivity contribution < 1.29 is 23.9 Å². The summed E-state index contributed by atoms with van der Waals surface area (Å²) in [5.74, 6) is -1.03. The van der Waals surface area contributed by atoms with Gasteiger partial charge in [0.1, 0.15) is 10.8 Å². The summed E-state index contributed by atoms with van der Waals surface area (Å²) in [6, 6.07) is 15.5. The molecule has 0 atom stereocenters. The van der Waals surface area contributed by atoms with Crippen molar-refractivity contribution in [1.82, 2.24) is 0 Å². The molecule has 0 bridgehead atoms. The van der Waals surface area contributed by atoms with Crippen LogP contribution in [0.1, 0.15) is 25.6 Å². The molecular formula is C22H19ClN2O5S. The van der Waals surface area contributed by atoms with Gasteiger partial charge in [-0.05, 0) is 42.8 Å². The fraction of sp³-hybridized carbons (Fsp3) is 0.136. The topological polar surface area (TPSA) is 93.7 Å². The number of esters is 1. The second-order valence-electron chi connectivity index (χ2n) is 6.37. The van der Waals surface area contributed by atoms with Crippen LogP contribution in [0.3, 0.4) is 0 Å². The lowest BCUT2D eigenvalue weighted by atomic mass is 10.1. The average Bonchev–Trinajstić information content (AvgIpc) is 3.08. The first-order valence-electron chi connectivity index (χ1n) is 9.15. The quantitative estimate of drug-likeness (QED) is 0.497. The number of hydrogen-bond donors (Lipinski definition) is 2. The number of ether oxygens (including phenoxy) is 2. The smallest absolute Gasteiger partial charge is 0.341 e. The third-order valence-electron chi connectivity index (χ3n) is 4.19. The molecule has 160 valence electrons. The molecule has 2 amide bonds. The van der Waals surface area contributed by atoms with Crippen molar-refractivity contribution in [2.75, 3.05) is 24.4 Å². The van der Waals surface area contributed by atoms with E-state index in [0.29, 0.717) is 22.0 Å². The number of carbonyl (C=O) groups excluding carboxylic acids is 3. The van der Waals surface area contributed by atoms with E-state index in [4.69, 9.17) is 21.1 Å². The molecule has 0 fully saturated rings. The van der Waals surface area contributed by atoms with Crippen molar-refractivity contribution in [2.45, 2.75) is 6.92 Å².